The van der Waals surface area contributed by atoms with E-state index in [0.29, 0.717) is 0 Å². The number of halogens is 5. The Morgan fingerprint density at radius 1 is 0.745 bits per heavy atom. The summed E-state index contributed by atoms with van der Waals surface area (Å²) in [4.78, 5) is 145. The lowest BCUT2D eigenvalue weighted by atomic mass is 9.94. The van der Waals surface area contributed by atoms with Crippen LogP contribution in [0.25, 0.3) is 22.0 Å². The van der Waals surface area contributed by atoms with E-state index in [2.05, 4.69) is 26.6 Å². The third-order valence-electron chi connectivity index (χ3n) is 15.6. The number of nitrogens with zero attached hydrogens (tertiary/aromatic N) is 3. The zero-order chi connectivity index (χ0) is 71.5. The van der Waals surface area contributed by atoms with E-state index in [4.69, 9.17) is 55.9 Å². The molecule has 0 fully saturated rings. The van der Waals surface area contributed by atoms with Crippen LogP contribution in [0.15, 0.2) is 134 Å². The van der Waals surface area contributed by atoms with Gasteiger partial charge in [-0.15, -0.1) is 0 Å². The number of amides is 6. The van der Waals surface area contributed by atoms with Crippen LogP contribution in [0.5, 0.6) is 28.7 Å². The second-order valence-electron chi connectivity index (χ2n) is 23.4. The van der Waals surface area contributed by atoms with Crippen molar-refractivity contribution in [2.24, 2.45) is 0 Å². The Labute approximate surface area is 574 Å². The molecule has 2 aliphatic heterocycles. The maximum atomic E-state index is 15.8. The van der Waals surface area contributed by atoms with Crippen molar-refractivity contribution in [3.8, 4) is 39.9 Å². The number of aromatic hydroxyl groups is 5. The summed E-state index contributed by atoms with van der Waals surface area (Å²) in [5.41, 5.74) is -3.43. The molecule has 6 bridgehead atoms. The largest absolute Gasteiger partial charge is 0.508 e. The number of methoxy groups -OCH3 is 1. The first kappa shape index (κ1) is 71.3. The number of ketones is 1. The van der Waals surface area contributed by atoms with Gasteiger partial charge in [-0.1, -0.05) is 107 Å². The van der Waals surface area contributed by atoms with Crippen molar-refractivity contribution in [2.75, 3.05) is 14.2 Å². The Bertz CT molecular complexity index is 4540. The molecule has 0 saturated heterocycles. The number of esters is 1. The molecule has 31 heteroatoms. The number of nitro groups is 1. The molecule has 3 heterocycles. The summed E-state index contributed by atoms with van der Waals surface area (Å²) >= 11 is 25.1. The molecule has 2 aliphatic rings. The normalized spacial score (nSPS) is 15.6. The van der Waals surface area contributed by atoms with E-state index >= 15 is 19.2 Å². The van der Waals surface area contributed by atoms with Gasteiger partial charge in [0.2, 0.25) is 41.1 Å². The van der Waals surface area contributed by atoms with Crippen molar-refractivity contribution < 1.29 is 87.5 Å². The first-order chi connectivity index (χ1) is 46.2. The van der Waals surface area contributed by atoms with Gasteiger partial charge in [0, 0.05) is 48.7 Å². The third-order valence-corrected chi connectivity index (χ3v) is 16.8. The van der Waals surface area contributed by atoms with Crippen LogP contribution in [0.4, 0.5) is 14.9 Å². The minimum atomic E-state index is -2.20. The zero-order valence-electron chi connectivity index (χ0n) is 51.9. The summed E-state index contributed by atoms with van der Waals surface area (Å²) < 4.78 is 26.6. The molecule has 508 valence electrons. The van der Waals surface area contributed by atoms with Gasteiger partial charge in [-0.3, -0.25) is 48.2 Å². The van der Waals surface area contributed by atoms with Crippen LogP contribution in [0, 0.1) is 15.9 Å². The Morgan fingerprint density at radius 2 is 1.37 bits per heavy atom. The molecule has 6 atom stereocenters. The number of phenols is 5. The van der Waals surface area contributed by atoms with Crippen LogP contribution < -0.4 is 26.6 Å². The topological polar surface area (TPSA) is 385 Å². The quantitative estimate of drug-likeness (QED) is 0.0108. The molecule has 7 aromatic carbocycles. The fraction of sp³-hybridized carbons (Fsp3) is 0.209. The Hall–Kier alpha value is -11.0. The van der Waals surface area contributed by atoms with Crippen LogP contribution in [-0.2, 0) is 55.9 Å². The average molecular weight is 1420 g/mol. The van der Waals surface area contributed by atoms with Crippen molar-refractivity contribution in [3.05, 3.63) is 209 Å². The van der Waals surface area contributed by atoms with Crippen LogP contribution >= 0.6 is 46.4 Å². The number of fused-ring (bicyclic) bond motifs is 8. The van der Waals surface area contributed by atoms with Crippen LogP contribution in [-0.4, -0.2) is 125 Å². The van der Waals surface area contributed by atoms with E-state index in [1.807, 2.05) is 0 Å². The highest BCUT2D eigenvalue weighted by molar-refractivity contribution is 6.45. The van der Waals surface area contributed by atoms with Gasteiger partial charge in [-0.2, -0.15) is 4.39 Å². The van der Waals surface area contributed by atoms with Crippen molar-refractivity contribution in [3.63, 3.8) is 0 Å². The lowest BCUT2D eigenvalue weighted by molar-refractivity contribution is -0.387. The lowest BCUT2D eigenvalue weighted by Crippen LogP contribution is -2.55. The molecule has 6 amide bonds. The standard InChI is InChI=1S/C67H57Cl4FN8O18/c1-67(2,3)98-66(94)79-29-37-26-46(73-63(91)55(83)36-24-43(70)58(86)44(71)25-36)59(87)74-52(35-22-41(68)57(85)42(69)23-35)61(89)75-51(34-21-40(56(84)50(82)28-34)33-14-17-39(37)47(79)27-33)62(90)76-53(31-9-7-6-8-10-31)64(92)78(4)49(20-30-11-18-45(72)48(19-30)80(95)96)60(88)77-54(65(93)97-5)32-12-15-38(81)16-13-32/h6-19,21-25,27-29,46,49,51-54,81-82,84-86H,20,26H2,1-5H3,(H,73,91)(H,74,87)(H,75,89)(H,76,90)(H,77,88)/t46-,49+,51-,52-,53-,54-/m1/s1. The first-order valence-electron chi connectivity index (χ1n) is 29.2. The lowest BCUT2D eigenvalue weighted by Gasteiger charge is -2.33. The fourth-order valence-corrected chi connectivity index (χ4v) is 11.7. The van der Waals surface area contributed by atoms with E-state index in [9.17, 15) is 64.0 Å². The Morgan fingerprint density at radius 3 is 1.98 bits per heavy atom. The average Bonchev–Trinajstić information content (AvgIpc) is 1.44. The van der Waals surface area contributed by atoms with E-state index < -0.39 is 173 Å². The number of hydrogen-bond acceptors (Lipinski definition) is 18. The zero-order valence-corrected chi connectivity index (χ0v) is 54.9. The molecule has 0 spiro atoms. The SMILES string of the molecule is COC(=O)[C@H](NC(=O)[C@H](Cc1ccc(F)c([N+](=O)[O-])c1)N(C)C(=O)[C@H](NC(=O)[C@@H]1NC(=O)[C@@H](c2cc(Cl)c(O)c(Cl)c2)NC(=O)[C@H](NC(=O)C(=O)c2cc(Cl)c(O)c(Cl)c2)Cc2cn(C(=O)OC(C)(C)C)c3cc(ccc23)-c2cc1cc(O)c2O)c1ccccc1)c1ccc(O)cc1. The van der Waals surface area contributed by atoms with E-state index in [1.165, 1.54) is 72.9 Å². The Balaban J connectivity index is 1.20. The number of hydrogen-bond donors (Lipinski definition) is 10. The van der Waals surface area contributed by atoms with Gasteiger partial charge in [0.25, 0.3) is 5.91 Å². The van der Waals surface area contributed by atoms with Gasteiger partial charge in [0.1, 0.15) is 41.6 Å². The summed E-state index contributed by atoms with van der Waals surface area (Å²) in [6, 6.07) is 13.3. The number of ether oxygens (including phenoxy) is 2. The number of likely N-dealkylation sites (N-methyl/N-ethyl adjacent to an activating group) is 1. The van der Waals surface area contributed by atoms with Gasteiger partial charge in [0.05, 0.1) is 37.6 Å². The van der Waals surface area contributed by atoms with Crippen LogP contribution in [0.1, 0.15) is 88.7 Å². The van der Waals surface area contributed by atoms with Gasteiger partial charge in [-0.05, 0) is 120 Å². The number of nitro benzene ring substituents is 1. The summed E-state index contributed by atoms with van der Waals surface area (Å²) in [6.45, 7) is 4.74. The molecule has 8 aromatic rings. The minimum absolute atomic E-state index is 0.0121. The highest BCUT2D eigenvalue weighted by Crippen LogP contribution is 2.42. The summed E-state index contributed by atoms with van der Waals surface area (Å²) in [7, 11) is 2.12. The second kappa shape index (κ2) is 29.1. The number of carbonyl (C=O) groups is 9. The molecule has 1 aromatic heterocycles. The summed E-state index contributed by atoms with van der Waals surface area (Å²) in [5.74, 6) is -14.6. The molecule has 10 rings (SSSR count). The number of rotatable bonds is 16. The number of Topliss-reactive ketones (excluding diaryl/α,β-unsaturated/α-hetero) is 1. The fourth-order valence-electron chi connectivity index (χ4n) is 10.7. The van der Waals surface area contributed by atoms with Crippen LogP contribution in [0.2, 0.25) is 20.1 Å². The van der Waals surface area contributed by atoms with Crippen LogP contribution in [0.3, 0.4) is 0 Å². The summed E-state index contributed by atoms with van der Waals surface area (Å²) in [6.07, 6.45) is -0.989. The smallest absolute Gasteiger partial charge is 0.419 e. The van der Waals surface area contributed by atoms with Gasteiger partial charge in [-0.25, -0.2) is 9.59 Å². The molecule has 0 saturated carbocycles. The number of nitrogens with one attached hydrogen (secondary N) is 5. The third kappa shape index (κ3) is 15.6. The van der Waals surface area contributed by atoms with E-state index in [1.54, 1.807) is 26.8 Å². The van der Waals surface area contributed by atoms with E-state index in [0.717, 1.165) is 78.2 Å². The molecule has 0 radical (unpaired) electrons. The molecule has 0 unspecified atom stereocenters. The predicted molar refractivity (Wildman–Crippen MR) is 352 cm³/mol. The monoisotopic (exact) mass is 1420 g/mol. The molecular weight excluding hydrogens is 1370 g/mol. The van der Waals surface area contributed by atoms with Gasteiger partial charge >= 0.3 is 17.7 Å². The molecule has 0 aliphatic carbocycles. The number of phenolic OH excluding ortho intramolecular Hbond substituents is 5. The molecule has 98 heavy (non-hydrogen) atoms. The number of carbonyl (C=O) groups excluding carboxylic acids is 9. The van der Waals surface area contributed by atoms with Crippen molar-refractivity contribution in [1.82, 2.24) is 36.1 Å². The number of benzene rings is 7. The van der Waals surface area contributed by atoms with Crippen molar-refractivity contribution in [2.45, 2.75) is 75.5 Å². The first-order valence-corrected chi connectivity index (χ1v) is 30.7. The maximum Gasteiger partial charge on any atom is 0.419 e. The second-order valence-corrected chi connectivity index (χ2v) is 25.0. The highest BCUT2D eigenvalue weighted by Gasteiger charge is 2.40. The summed E-state index contributed by atoms with van der Waals surface area (Å²) in [5, 5.41) is 77.4. The minimum Gasteiger partial charge on any atom is -0.508 e. The number of aromatic nitrogens is 1. The molecule has 26 nitrogen and oxygen atoms in total. The highest BCUT2D eigenvalue weighted by atomic mass is 35.5. The Kier molecular flexibility index (Phi) is 21.2. The van der Waals surface area contributed by atoms with Gasteiger partial charge < -0.3 is 66.5 Å². The maximum absolute atomic E-state index is 15.8. The van der Waals surface area contributed by atoms with Crippen molar-refractivity contribution in [1.29, 1.82) is 0 Å². The van der Waals surface area contributed by atoms with E-state index in [-0.39, 0.29) is 61.2 Å². The van der Waals surface area contributed by atoms with Crippen molar-refractivity contribution >= 4 is 116 Å². The molecular formula is C67H57Cl4FN8O18. The van der Waals surface area contributed by atoms with Gasteiger partial charge in [0.15, 0.2) is 29.0 Å². The predicted octanol–water partition coefficient (Wildman–Crippen LogP) is 9.18. The molecule has 10 N–H and O–H groups in total.